The molecule has 2 aromatic carbocycles. The van der Waals surface area contributed by atoms with E-state index in [1.165, 1.54) is 19.2 Å². The van der Waals surface area contributed by atoms with Crippen LogP contribution in [0.5, 0.6) is 0 Å². The molecular weight excluding hydrogens is 371 g/mol. The van der Waals surface area contributed by atoms with Crippen LogP contribution < -0.4 is 10.6 Å². The molecule has 27 heavy (non-hydrogen) atoms. The molecule has 1 fully saturated rings. The summed E-state index contributed by atoms with van der Waals surface area (Å²) in [4.78, 5) is 26.1. The van der Waals surface area contributed by atoms with Crippen LogP contribution in [0.4, 0.5) is 15.8 Å². The SMILES string of the molecule is COC(=O)[C@@H](N)Cc1ccc(N2C(=O)C3(CC3)c3cc(F)c(Cl)cc32)cc1. The topological polar surface area (TPSA) is 72.6 Å². The summed E-state index contributed by atoms with van der Waals surface area (Å²) in [6.45, 7) is 0. The number of carbonyl (C=O) groups is 2. The van der Waals surface area contributed by atoms with Crippen molar-refractivity contribution in [2.75, 3.05) is 12.0 Å². The van der Waals surface area contributed by atoms with Crippen molar-refractivity contribution in [1.82, 2.24) is 0 Å². The van der Waals surface area contributed by atoms with Crippen molar-refractivity contribution in [2.24, 2.45) is 5.73 Å². The highest BCUT2D eigenvalue weighted by atomic mass is 35.5. The van der Waals surface area contributed by atoms with Crippen LogP contribution in [0.1, 0.15) is 24.0 Å². The van der Waals surface area contributed by atoms with Gasteiger partial charge in [-0.2, -0.15) is 0 Å². The number of hydrogen-bond acceptors (Lipinski definition) is 4. The van der Waals surface area contributed by atoms with Gasteiger partial charge >= 0.3 is 5.97 Å². The number of rotatable bonds is 4. The van der Waals surface area contributed by atoms with Crippen molar-refractivity contribution in [2.45, 2.75) is 30.7 Å². The summed E-state index contributed by atoms with van der Waals surface area (Å²) in [6, 6.07) is 9.36. The summed E-state index contributed by atoms with van der Waals surface area (Å²) in [7, 11) is 1.30. The smallest absolute Gasteiger partial charge is 0.322 e. The van der Waals surface area contributed by atoms with Crippen LogP contribution in [-0.2, 0) is 26.2 Å². The van der Waals surface area contributed by atoms with Crippen molar-refractivity contribution in [3.8, 4) is 0 Å². The van der Waals surface area contributed by atoms with E-state index in [0.29, 0.717) is 36.2 Å². The molecule has 2 aliphatic rings. The van der Waals surface area contributed by atoms with Gasteiger partial charge in [0.05, 0.1) is 23.2 Å². The lowest BCUT2D eigenvalue weighted by molar-refractivity contribution is -0.142. The van der Waals surface area contributed by atoms with Crippen molar-refractivity contribution >= 4 is 34.9 Å². The number of nitrogens with zero attached hydrogens (tertiary/aromatic N) is 1. The Morgan fingerprint density at radius 2 is 2.00 bits per heavy atom. The van der Waals surface area contributed by atoms with Crippen LogP contribution in [0.2, 0.25) is 5.02 Å². The number of amides is 1. The Kier molecular flexibility index (Phi) is 4.20. The third-order valence-electron chi connectivity index (χ3n) is 5.31. The fraction of sp³-hybridized carbons (Fsp3) is 0.300. The van der Waals surface area contributed by atoms with Crippen LogP contribution in [0, 0.1) is 5.82 Å². The molecule has 1 aliphatic heterocycles. The minimum atomic E-state index is -0.744. The molecule has 7 heteroatoms. The molecule has 1 heterocycles. The van der Waals surface area contributed by atoms with Gasteiger partial charge in [-0.25, -0.2) is 4.39 Å². The van der Waals surface area contributed by atoms with E-state index >= 15 is 0 Å². The Labute approximate surface area is 160 Å². The average molecular weight is 389 g/mol. The van der Waals surface area contributed by atoms with Crippen molar-refractivity contribution in [1.29, 1.82) is 0 Å². The van der Waals surface area contributed by atoms with Crippen LogP contribution in [0.15, 0.2) is 36.4 Å². The summed E-state index contributed by atoms with van der Waals surface area (Å²) in [5.41, 5.74) is 8.02. The molecule has 0 bridgehead atoms. The molecule has 2 N–H and O–H groups in total. The molecule has 140 valence electrons. The normalized spacial score (nSPS) is 17.8. The summed E-state index contributed by atoms with van der Waals surface area (Å²) < 4.78 is 18.6. The number of methoxy groups -OCH3 is 1. The molecule has 0 radical (unpaired) electrons. The third kappa shape index (κ3) is 2.80. The van der Waals surface area contributed by atoms with Crippen LogP contribution in [0.25, 0.3) is 0 Å². The number of fused-ring (bicyclic) bond motifs is 2. The van der Waals surface area contributed by atoms with E-state index in [9.17, 15) is 14.0 Å². The van der Waals surface area contributed by atoms with Gasteiger partial charge in [-0.15, -0.1) is 0 Å². The van der Waals surface area contributed by atoms with E-state index in [1.54, 1.807) is 17.0 Å². The second-order valence-electron chi connectivity index (χ2n) is 7.01. The highest BCUT2D eigenvalue weighted by Crippen LogP contribution is 2.59. The van der Waals surface area contributed by atoms with Gasteiger partial charge in [-0.1, -0.05) is 23.7 Å². The average Bonchev–Trinajstić information content (AvgIpc) is 3.43. The Morgan fingerprint density at radius 1 is 1.33 bits per heavy atom. The number of halogens is 2. The molecule has 4 rings (SSSR count). The van der Waals surface area contributed by atoms with Gasteiger partial charge in [0.15, 0.2) is 0 Å². The largest absolute Gasteiger partial charge is 0.468 e. The highest BCUT2D eigenvalue weighted by Gasteiger charge is 2.59. The van der Waals surface area contributed by atoms with Gasteiger partial charge in [0.2, 0.25) is 5.91 Å². The molecule has 0 unspecified atom stereocenters. The Balaban J connectivity index is 1.66. The first kappa shape index (κ1) is 17.9. The number of nitrogens with two attached hydrogens (primary N) is 1. The van der Waals surface area contributed by atoms with Gasteiger partial charge in [-0.05, 0) is 54.7 Å². The summed E-state index contributed by atoms with van der Waals surface area (Å²) >= 11 is 5.96. The number of benzene rings is 2. The molecule has 1 atom stereocenters. The predicted molar refractivity (Wildman–Crippen MR) is 99.6 cm³/mol. The van der Waals surface area contributed by atoms with Gasteiger partial charge in [0.25, 0.3) is 0 Å². The van der Waals surface area contributed by atoms with Crippen molar-refractivity contribution < 1.29 is 18.7 Å². The van der Waals surface area contributed by atoms with Gasteiger partial charge in [-0.3, -0.25) is 14.5 Å². The van der Waals surface area contributed by atoms with Crippen molar-refractivity contribution in [3.63, 3.8) is 0 Å². The molecule has 0 saturated heterocycles. The Morgan fingerprint density at radius 3 is 2.59 bits per heavy atom. The molecular formula is C20H18ClFN2O3. The maximum absolute atomic E-state index is 14.0. The lowest BCUT2D eigenvalue weighted by atomic mass is 9.98. The fourth-order valence-corrected chi connectivity index (χ4v) is 3.84. The monoisotopic (exact) mass is 388 g/mol. The fourth-order valence-electron chi connectivity index (χ4n) is 3.68. The summed E-state index contributed by atoms with van der Waals surface area (Å²) in [6.07, 6.45) is 1.75. The lowest BCUT2D eigenvalue weighted by Crippen LogP contribution is -2.33. The van der Waals surface area contributed by atoms with Gasteiger partial charge < -0.3 is 10.5 Å². The minimum Gasteiger partial charge on any atom is -0.468 e. The molecule has 1 saturated carbocycles. The number of anilines is 2. The summed E-state index contributed by atoms with van der Waals surface area (Å²) in [5, 5.41) is -0.00933. The minimum absolute atomic E-state index is 0.00933. The van der Waals surface area contributed by atoms with Crippen molar-refractivity contribution in [3.05, 3.63) is 58.4 Å². The van der Waals surface area contributed by atoms with E-state index < -0.39 is 23.2 Å². The van der Waals surface area contributed by atoms with E-state index in [2.05, 4.69) is 4.74 Å². The molecule has 5 nitrogen and oxygen atoms in total. The first-order chi connectivity index (χ1) is 12.9. The van der Waals surface area contributed by atoms with E-state index in [1.807, 2.05) is 12.1 Å². The van der Waals surface area contributed by atoms with Crippen LogP contribution in [0.3, 0.4) is 0 Å². The Bertz CT molecular complexity index is 941. The maximum Gasteiger partial charge on any atom is 0.322 e. The van der Waals surface area contributed by atoms with E-state index in [-0.39, 0.29) is 10.9 Å². The quantitative estimate of drug-likeness (QED) is 0.816. The standard InChI is InChI=1S/C20H18ClFN2O3/c1-27-18(25)16(23)8-11-2-4-12(5-3-11)24-17-10-14(21)15(22)9-13(17)20(6-7-20)19(24)26/h2-5,9-10,16H,6-8,23H2,1H3/t16-/m0/s1. The number of hydrogen-bond donors (Lipinski definition) is 1. The first-order valence-electron chi connectivity index (χ1n) is 8.64. The lowest BCUT2D eigenvalue weighted by Gasteiger charge is -2.19. The van der Waals surface area contributed by atoms with E-state index in [0.717, 1.165) is 5.56 Å². The first-order valence-corrected chi connectivity index (χ1v) is 9.01. The molecule has 1 aliphatic carbocycles. The van der Waals surface area contributed by atoms with Crippen LogP contribution >= 0.6 is 11.6 Å². The molecule has 0 aromatic heterocycles. The van der Waals surface area contributed by atoms with Crippen LogP contribution in [-0.4, -0.2) is 25.0 Å². The van der Waals surface area contributed by atoms with E-state index in [4.69, 9.17) is 17.3 Å². The zero-order valence-electron chi connectivity index (χ0n) is 14.7. The second kappa shape index (κ2) is 6.32. The summed E-state index contributed by atoms with van der Waals surface area (Å²) in [5.74, 6) is -1.04. The number of ether oxygens (including phenoxy) is 1. The number of esters is 1. The zero-order chi connectivity index (χ0) is 19.3. The van der Waals surface area contributed by atoms with Gasteiger partial charge in [0.1, 0.15) is 11.9 Å². The van der Waals surface area contributed by atoms with Gasteiger partial charge in [0, 0.05) is 5.69 Å². The zero-order valence-corrected chi connectivity index (χ0v) is 15.4. The molecule has 2 aromatic rings. The second-order valence-corrected chi connectivity index (χ2v) is 7.41. The predicted octanol–water partition coefficient (Wildman–Crippen LogP) is 3.23. The molecule has 1 amide bonds. The third-order valence-corrected chi connectivity index (χ3v) is 5.60. The number of carbonyl (C=O) groups excluding carboxylic acids is 2. The highest BCUT2D eigenvalue weighted by molar-refractivity contribution is 6.31. The Hall–Kier alpha value is -2.44. The maximum atomic E-state index is 14.0. The molecule has 1 spiro atoms.